The summed E-state index contributed by atoms with van der Waals surface area (Å²) < 4.78 is 0. The number of H-pyrrole nitrogens is 2. The molecule has 0 spiro atoms. The fourth-order valence-corrected chi connectivity index (χ4v) is 4.98. The predicted octanol–water partition coefficient (Wildman–Crippen LogP) is 5.95. The lowest BCUT2D eigenvalue weighted by Gasteiger charge is -2.03. The van der Waals surface area contributed by atoms with E-state index in [4.69, 9.17) is 0 Å². The molecule has 32 heavy (non-hydrogen) atoms. The van der Waals surface area contributed by atoms with Gasteiger partial charge in [-0.3, -0.25) is 15.1 Å². The maximum atomic E-state index is 4.67. The van der Waals surface area contributed by atoms with Gasteiger partial charge in [0.2, 0.25) is 0 Å². The molecule has 0 radical (unpaired) electrons. The Labute approximate surface area is 188 Å². The third-order valence-electron chi connectivity index (χ3n) is 5.63. The van der Waals surface area contributed by atoms with E-state index in [1.54, 1.807) is 11.3 Å². The van der Waals surface area contributed by atoms with Gasteiger partial charge in [0, 0.05) is 45.3 Å². The summed E-state index contributed by atoms with van der Waals surface area (Å²) in [6, 6.07) is 10.6. The maximum absolute atomic E-state index is 4.67. The van der Waals surface area contributed by atoms with Crippen LogP contribution < -0.4 is 0 Å². The molecule has 7 heteroatoms. The Hall–Kier alpha value is -3.84. The molecule has 5 aromatic heterocycles. The Morgan fingerprint density at radius 2 is 1.97 bits per heavy atom. The molecule has 0 aromatic carbocycles. The molecule has 6 heterocycles. The highest BCUT2D eigenvalue weighted by atomic mass is 32.1. The molecule has 0 saturated carbocycles. The number of pyridine rings is 2. The minimum atomic E-state index is 0.666. The number of thiophene rings is 1. The predicted molar refractivity (Wildman–Crippen MR) is 132 cm³/mol. The van der Waals surface area contributed by atoms with E-state index >= 15 is 0 Å². The molecule has 6 rings (SSSR count). The number of hydrogen-bond donors (Lipinski definition) is 2. The van der Waals surface area contributed by atoms with Crippen LogP contribution in [-0.4, -0.2) is 37.9 Å². The van der Waals surface area contributed by atoms with Gasteiger partial charge in [-0.05, 0) is 55.3 Å². The number of aromatic amines is 2. The van der Waals surface area contributed by atoms with Crippen molar-refractivity contribution in [2.24, 2.45) is 4.99 Å². The van der Waals surface area contributed by atoms with Gasteiger partial charge >= 0.3 is 0 Å². The number of allylic oxidation sites excluding steroid dienone is 3. The molecule has 6 nitrogen and oxygen atoms in total. The molecule has 0 bridgehead atoms. The van der Waals surface area contributed by atoms with Crippen LogP contribution in [0.1, 0.15) is 17.4 Å². The van der Waals surface area contributed by atoms with Crippen molar-refractivity contribution in [3.8, 4) is 22.0 Å². The summed E-state index contributed by atoms with van der Waals surface area (Å²) in [6.45, 7) is 4.84. The molecule has 0 aliphatic carbocycles. The SMILES string of the molecule is CC1=CC(c2cnc3n[nH]c(-c4cc5c(-c6ccc(C)s6)nccc5[nH]4)c3c2)=CCN=C1. The minimum Gasteiger partial charge on any atom is -0.353 e. The van der Waals surface area contributed by atoms with Crippen LogP contribution >= 0.6 is 11.3 Å². The Morgan fingerprint density at radius 1 is 1.03 bits per heavy atom. The first-order valence-corrected chi connectivity index (χ1v) is 11.2. The highest BCUT2D eigenvalue weighted by Crippen LogP contribution is 2.35. The first-order chi connectivity index (χ1) is 15.7. The minimum absolute atomic E-state index is 0.666. The Bertz CT molecular complexity index is 1580. The van der Waals surface area contributed by atoms with Crippen LogP contribution in [0.5, 0.6) is 0 Å². The van der Waals surface area contributed by atoms with Crippen molar-refractivity contribution >= 4 is 45.1 Å². The number of fused-ring (bicyclic) bond motifs is 2. The number of nitrogens with zero attached hydrogens (tertiary/aromatic N) is 4. The molecular weight excluding hydrogens is 416 g/mol. The van der Waals surface area contributed by atoms with Gasteiger partial charge in [-0.15, -0.1) is 11.3 Å². The highest BCUT2D eigenvalue weighted by Gasteiger charge is 2.16. The van der Waals surface area contributed by atoms with Gasteiger partial charge in [-0.2, -0.15) is 5.10 Å². The van der Waals surface area contributed by atoms with Crippen LogP contribution in [0.2, 0.25) is 0 Å². The molecule has 0 unspecified atom stereocenters. The number of aryl methyl sites for hydroxylation is 1. The zero-order valence-electron chi connectivity index (χ0n) is 17.7. The van der Waals surface area contributed by atoms with E-state index in [1.165, 1.54) is 9.75 Å². The second-order valence-electron chi connectivity index (χ2n) is 7.95. The topological polar surface area (TPSA) is 82.6 Å². The number of hydrogen-bond acceptors (Lipinski definition) is 5. The zero-order chi connectivity index (χ0) is 21.7. The van der Waals surface area contributed by atoms with Gasteiger partial charge < -0.3 is 4.98 Å². The van der Waals surface area contributed by atoms with E-state index in [0.29, 0.717) is 12.2 Å². The van der Waals surface area contributed by atoms with Crippen molar-refractivity contribution in [1.29, 1.82) is 0 Å². The van der Waals surface area contributed by atoms with Crippen LogP contribution in [0.25, 0.3) is 49.5 Å². The fraction of sp³-hybridized carbons (Fsp3) is 0.120. The lowest BCUT2D eigenvalue weighted by molar-refractivity contribution is 1.10. The molecular formula is C25H20N6S. The quantitative estimate of drug-likeness (QED) is 0.366. The van der Waals surface area contributed by atoms with Gasteiger partial charge in [0.1, 0.15) is 0 Å². The molecule has 0 saturated heterocycles. The van der Waals surface area contributed by atoms with E-state index in [0.717, 1.165) is 50.1 Å². The zero-order valence-corrected chi connectivity index (χ0v) is 18.5. The van der Waals surface area contributed by atoms with Crippen LogP contribution in [0.3, 0.4) is 0 Å². The number of aromatic nitrogens is 5. The third kappa shape index (κ3) is 3.18. The maximum Gasteiger partial charge on any atom is 0.181 e. The Morgan fingerprint density at radius 3 is 2.84 bits per heavy atom. The Kier molecular flexibility index (Phi) is 4.36. The van der Waals surface area contributed by atoms with E-state index < -0.39 is 0 Å². The molecule has 1 aliphatic heterocycles. The van der Waals surface area contributed by atoms with Gasteiger partial charge in [-0.25, -0.2) is 4.98 Å². The first kappa shape index (κ1) is 18.9. The smallest absolute Gasteiger partial charge is 0.181 e. The average molecular weight is 437 g/mol. The van der Waals surface area contributed by atoms with Crippen LogP contribution in [0, 0.1) is 6.92 Å². The number of nitrogens with one attached hydrogen (secondary N) is 2. The largest absolute Gasteiger partial charge is 0.353 e. The van der Waals surface area contributed by atoms with Gasteiger partial charge in [-0.1, -0.05) is 12.2 Å². The van der Waals surface area contributed by atoms with Gasteiger partial charge in [0.15, 0.2) is 5.65 Å². The second-order valence-corrected chi connectivity index (χ2v) is 9.24. The summed E-state index contributed by atoms with van der Waals surface area (Å²) in [5.41, 5.74) is 7.93. The second kappa shape index (κ2) is 7.39. The van der Waals surface area contributed by atoms with E-state index in [1.807, 2.05) is 24.7 Å². The average Bonchev–Trinajstić information content (AvgIpc) is 3.49. The van der Waals surface area contributed by atoms with Crippen molar-refractivity contribution in [3.63, 3.8) is 0 Å². The summed E-state index contributed by atoms with van der Waals surface area (Å²) in [4.78, 5) is 19.6. The molecule has 156 valence electrons. The van der Waals surface area contributed by atoms with E-state index in [9.17, 15) is 0 Å². The van der Waals surface area contributed by atoms with Crippen molar-refractivity contribution in [3.05, 3.63) is 70.9 Å². The first-order valence-electron chi connectivity index (χ1n) is 10.4. The molecule has 5 aromatic rings. The highest BCUT2D eigenvalue weighted by molar-refractivity contribution is 7.15. The van der Waals surface area contributed by atoms with Crippen LogP contribution in [0.15, 0.2) is 65.4 Å². The lowest BCUT2D eigenvalue weighted by atomic mass is 10.0. The number of rotatable bonds is 3. The van der Waals surface area contributed by atoms with E-state index in [2.05, 4.69) is 80.4 Å². The van der Waals surface area contributed by atoms with Crippen LogP contribution in [-0.2, 0) is 0 Å². The molecule has 1 aliphatic rings. The van der Waals surface area contributed by atoms with Gasteiger partial charge in [0.05, 0.1) is 28.5 Å². The molecule has 0 fully saturated rings. The number of aliphatic imine (C=N–C) groups is 1. The lowest BCUT2D eigenvalue weighted by Crippen LogP contribution is -1.87. The summed E-state index contributed by atoms with van der Waals surface area (Å²) in [5.74, 6) is 0. The molecule has 0 amide bonds. The Balaban J connectivity index is 1.48. The summed E-state index contributed by atoms with van der Waals surface area (Å²) >= 11 is 1.76. The van der Waals surface area contributed by atoms with Crippen molar-refractivity contribution < 1.29 is 0 Å². The van der Waals surface area contributed by atoms with Crippen molar-refractivity contribution in [2.75, 3.05) is 6.54 Å². The standard InChI is InChI=1S/C25H20N6S/c1-14-9-16(5-7-26-12-14)17-10-19-23(30-31-25(19)28-13-17)21-11-18-20(29-21)6-8-27-24(18)22-4-3-15(2)32-22/h3-6,8-13,29H,7H2,1-2H3,(H,28,30,31). The van der Waals surface area contributed by atoms with Crippen molar-refractivity contribution in [2.45, 2.75) is 13.8 Å². The molecule has 2 N–H and O–H groups in total. The fourth-order valence-electron chi connectivity index (χ4n) is 4.10. The third-order valence-corrected chi connectivity index (χ3v) is 6.64. The van der Waals surface area contributed by atoms with Crippen LogP contribution in [0.4, 0.5) is 0 Å². The monoisotopic (exact) mass is 436 g/mol. The summed E-state index contributed by atoms with van der Waals surface area (Å²) in [5, 5.41) is 9.70. The van der Waals surface area contributed by atoms with E-state index in [-0.39, 0.29) is 0 Å². The molecule has 0 atom stereocenters. The normalized spacial score (nSPS) is 14.1. The summed E-state index contributed by atoms with van der Waals surface area (Å²) in [6.07, 6.45) is 9.90. The summed E-state index contributed by atoms with van der Waals surface area (Å²) in [7, 11) is 0. The van der Waals surface area contributed by atoms with Crippen molar-refractivity contribution in [1.82, 2.24) is 25.1 Å². The van der Waals surface area contributed by atoms with Gasteiger partial charge in [0.25, 0.3) is 0 Å².